The van der Waals surface area contributed by atoms with Crippen LogP contribution < -0.4 is 4.74 Å². The summed E-state index contributed by atoms with van der Waals surface area (Å²) in [7, 11) is -0.0491. The fourth-order valence-corrected chi connectivity index (χ4v) is 13.8. The van der Waals surface area contributed by atoms with Crippen molar-refractivity contribution in [2.24, 2.45) is 17.3 Å². The molecule has 1 aromatic rings. The molecule has 2 nitrogen and oxygen atoms in total. The maximum Gasteiger partial charge on any atom is 0.147 e. The lowest BCUT2D eigenvalue weighted by Gasteiger charge is -2.52. The van der Waals surface area contributed by atoms with E-state index in [0.717, 1.165) is 37.9 Å². The second-order valence-corrected chi connectivity index (χ2v) is 18.3. The van der Waals surface area contributed by atoms with Crippen LogP contribution >= 0.6 is 0 Å². The van der Waals surface area contributed by atoms with Crippen molar-refractivity contribution in [3.05, 3.63) is 29.3 Å². The van der Waals surface area contributed by atoms with E-state index in [1.807, 2.05) is 0 Å². The van der Waals surface area contributed by atoms with Gasteiger partial charge in [-0.2, -0.15) is 0 Å². The molecule has 3 aliphatic rings. The Bertz CT molecular complexity index is 1040. The van der Waals surface area contributed by atoms with E-state index in [4.69, 9.17) is 4.74 Å². The summed E-state index contributed by atoms with van der Waals surface area (Å²) in [4.78, 5) is 0. The van der Waals surface area contributed by atoms with Gasteiger partial charge in [0, 0.05) is 5.41 Å². The van der Waals surface area contributed by atoms with Crippen molar-refractivity contribution in [1.29, 1.82) is 0 Å². The van der Waals surface area contributed by atoms with Gasteiger partial charge in [0.05, 0.1) is 7.11 Å². The first-order chi connectivity index (χ1) is 16.5. The van der Waals surface area contributed by atoms with Crippen molar-refractivity contribution in [2.45, 2.75) is 115 Å². The van der Waals surface area contributed by atoms with Crippen LogP contribution in [0.15, 0.2) is 18.2 Å². The number of aryl methyl sites for hydroxylation is 1. The Labute approximate surface area is 215 Å². The monoisotopic (exact) mass is 490 g/mol. The van der Waals surface area contributed by atoms with Crippen LogP contribution in [0.4, 0.5) is 0 Å². The molecule has 5 atom stereocenters. The molecule has 2 fully saturated rings. The Kier molecular flexibility index (Phi) is 7.27. The van der Waals surface area contributed by atoms with Crippen LogP contribution in [0, 0.1) is 40.6 Å². The van der Waals surface area contributed by atoms with Crippen LogP contribution in [-0.2, 0) is 6.42 Å². The van der Waals surface area contributed by atoms with Gasteiger partial charge in [0.2, 0.25) is 0 Å². The average Bonchev–Trinajstić information content (AvgIpc) is 3.08. The Hall–Kier alpha value is -1.68. The van der Waals surface area contributed by atoms with Crippen LogP contribution in [0.25, 0.3) is 0 Å². The van der Waals surface area contributed by atoms with E-state index in [1.54, 1.807) is 7.11 Å². The molecule has 1 N–H and O–H groups in total. The van der Waals surface area contributed by atoms with Gasteiger partial charge in [-0.25, -0.2) is 0 Å². The van der Waals surface area contributed by atoms with Gasteiger partial charge in [-0.15, -0.1) is 5.54 Å². The third kappa shape index (κ3) is 4.18. The number of aliphatic hydroxyl groups is 1. The molecule has 0 bridgehead atoms. The molecule has 0 saturated heterocycles. The van der Waals surface area contributed by atoms with Gasteiger partial charge in [-0.1, -0.05) is 60.5 Å². The minimum absolute atomic E-state index is 0.143. The fraction of sp³-hybridized carbons (Fsp3) is 0.688. The van der Waals surface area contributed by atoms with Crippen LogP contribution in [-0.4, -0.2) is 25.9 Å². The van der Waals surface area contributed by atoms with Crippen LogP contribution in [0.2, 0.25) is 16.6 Å². The van der Waals surface area contributed by atoms with Crippen LogP contribution in [0.3, 0.4) is 0 Å². The summed E-state index contributed by atoms with van der Waals surface area (Å²) in [5.74, 6) is 12.6. The zero-order valence-electron chi connectivity index (χ0n) is 23.3. The zero-order chi connectivity index (χ0) is 25.6. The SMILES string of the molecule is COc1ccc2c(c1)CC[C@@H]1[C@@H]2CC[C@@]2(C)[C@H]1CCC2(O)C#CC#C[Si](C(C)C)(C(C)C)C(C)C. The highest BCUT2D eigenvalue weighted by Gasteiger charge is 2.61. The summed E-state index contributed by atoms with van der Waals surface area (Å²) >= 11 is 0. The van der Waals surface area contributed by atoms with Crippen molar-refractivity contribution in [3.8, 4) is 29.1 Å². The first kappa shape index (κ1) is 26.4. The van der Waals surface area contributed by atoms with Crippen LogP contribution in [0.5, 0.6) is 5.75 Å². The van der Waals surface area contributed by atoms with E-state index in [0.29, 0.717) is 34.4 Å². The van der Waals surface area contributed by atoms with Crippen LogP contribution in [0.1, 0.15) is 97.6 Å². The molecule has 190 valence electrons. The number of rotatable bonds is 4. The number of hydrogen-bond donors (Lipinski definition) is 1. The summed E-state index contributed by atoms with van der Waals surface area (Å²) in [6, 6.07) is 6.67. The van der Waals surface area contributed by atoms with Gasteiger partial charge < -0.3 is 9.84 Å². The lowest BCUT2D eigenvalue weighted by Crippen LogP contribution is -2.50. The van der Waals surface area contributed by atoms with E-state index >= 15 is 0 Å². The molecule has 2 saturated carbocycles. The van der Waals surface area contributed by atoms with Crippen molar-refractivity contribution in [2.75, 3.05) is 7.11 Å². The fourth-order valence-electron chi connectivity index (χ4n) is 8.61. The minimum atomic E-state index is -1.80. The molecule has 0 amide bonds. The molecule has 0 radical (unpaired) electrons. The second kappa shape index (κ2) is 9.65. The zero-order valence-corrected chi connectivity index (χ0v) is 24.3. The smallest absolute Gasteiger partial charge is 0.147 e. The van der Waals surface area contributed by atoms with Crippen molar-refractivity contribution in [3.63, 3.8) is 0 Å². The second-order valence-electron chi connectivity index (χ2n) is 12.7. The largest absolute Gasteiger partial charge is 0.497 e. The molecule has 1 aromatic carbocycles. The van der Waals surface area contributed by atoms with Gasteiger partial charge in [0.25, 0.3) is 0 Å². The Morgan fingerprint density at radius 2 is 1.66 bits per heavy atom. The first-order valence-electron chi connectivity index (χ1n) is 13.9. The van der Waals surface area contributed by atoms with Gasteiger partial charge in [-0.3, -0.25) is 0 Å². The number of methoxy groups -OCH3 is 1. The Morgan fingerprint density at radius 1 is 0.971 bits per heavy atom. The molecular weight excluding hydrogens is 444 g/mol. The third-order valence-corrected chi connectivity index (χ3v) is 16.9. The maximum atomic E-state index is 11.9. The number of fused-ring (bicyclic) bond motifs is 5. The lowest BCUT2D eigenvalue weighted by molar-refractivity contribution is -0.0647. The van der Waals surface area contributed by atoms with E-state index in [-0.39, 0.29) is 5.41 Å². The number of hydrogen-bond acceptors (Lipinski definition) is 2. The van der Waals surface area contributed by atoms with E-state index < -0.39 is 13.7 Å². The average molecular weight is 491 g/mol. The van der Waals surface area contributed by atoms with Gasteiger partial charge >= 0.3 is 0 Å². The van der Waals surface area contributed by atoms with E-state index in [2.05, 4.69) is 90.0 Å². The standard InChI is InChI=1S/C32H46O2Si/c1-22(2)35(23(3)4,24(5)6)20-10-9-17-32(33)19-16-30-29-13-11-25-21-26(34-8)12-14-27(25)28(29)15-18-31(30,32)7/h12,14,21-24,28-30,33H,11,13,15-16,18-19H2,1-8H3/t28-,29-,30+,31+,32?/m1/s1. The van der Waals surface area contributed by atoms with Crippen molar-refractivity contribution >= 4 is 8.07 Å². The van der Waals surface area contributed by atoms with Gasteiger partial charge in [0.1, 0.15) is 19.4 Å². The lowest BCUT2D eigenvalue weighted by atomic mass is 9.53. The van der Waals surface area contributed by atoms with Gasteiger partial charge in [-0.05, 0) is 108 Å². The number of ether oxygens (including phenoxy) is 1. The molecule has 3 aliphatic carbocycles. The van der Waals surface area contributed by atoms with E-state index in [9.17, 15) is 5.11 Å². The molecule has 1 unspecified atom stereocenters. The Balaban J connectivity index is 1.59. The minimum Gasteiger partial charge on any atom is -0.497 e. The molecule has 4 rings (SSSR count). The predicted octanol–water partition coefficient (Wildman–Crippen LogP) is 7.51. The highest BCUT2D eigenvalue weighted by Crippen LogP contribution is 2.64. The van der Waals surface area contributed by atoms with E-state index in [1.165, 1.54) is 17.5 Å². The summed E-state index contributed by atoms with van der Waals surface area (Å²) in [5.41, 5.74) is 7.42. The third-order valence-electron chi connectivity index (χ3n) is 10.6. The topological polar surface area (TPSA) is 29.5 Å². The van der Waals surface area contributed by atoms with Gasteiger partial charge in [0.15, 0.2) is 0 Å². The predicted molar refractivity (Wildman–Crippen MR) is 149 cm³/mol. The number of benzene rings is 1. The molecule has 3 heteroatoms. The quantitative estimate of drug-likeness (QED) is 0.349. The molecule has 35 heavy (non-hydrogen) atoms. The van der Waals surface area contributed by atoms with Crippen molar-refractivity contribution < 1.29 is 9.84 Å². The summed E-state index contributed by atoms with van der Waals surface area (Å²) in [6.45, 7) is 16.3. The molecule has 0 spiro atoms. The normalized spacial score (nSPS) is 31.7. The van der Waals surface area contributed by atoms with Crippen molar-refractivity contribution in [1.82, 2.24) is 0 Å². The summed E-state index contributed by atoms with van der Waals surface area (Å²) in [5, 5.41) is 11.9. The summed E-state index contributed by atoms with van der Waals surface area (Å²) < 4.78 is 5.48. The maximum absolute atomic E-state index is 11.9. The Morgan fingerprint density at radius 3 is 2.29 bits per heavy atom. The molecule has 0 aliphatic heterocycles. The molecular formula is C32H46O2Si. The molecule has 0 aromatic heterocycles. The first-order valence-corrected chi connectivity index (χ1v) is 16.2. The highest BCUT2D eigenvalue weighted by molar-refractivity contribution is 6.90. The summed E-state index contributed by atoms with van der Waals surface area (Å²) in [6.07, 6.45) is 6.34. The molecule has 0 heterocycles. The highest BCUT2D eigenvalue weighted by atomic mass is 28.3.